The molecule has 0 saturated heterocycles. The average molecular weight is 823 g/mol. The van der Waals surface area contributed by atoms with Crippen LogP contribution in [-0.4, -0.2) is 35.7 Å². The van der Waals surface area contributed by atoms with Crippen LogP contribution >= 0.6 is 0 Å². The summed E-state index contributed by atoms with van der Waals surface area (Å²) in [5.41, 5.74) is 6.86. The topological polar surface area (TPSA) is 151 Å². The van der Waals surface area contributed by atoms with Crippen molar-refractivity contribution in [3.05, 3.63) is 232 Å². The van der Waals surface area contributed by atoms with Gasteiger partial charge in [0.15, 0.2) is 11.5 Å². The molecule has 0 spiro atoms. The largest absolute Gasteiger partial charge is 0.508 e. The van der Waals surface area contributed by atoms with E-state index < -0.39 is 10.8 Å². The van der Waals surface area contributed by atoms with Gasteiger partial charge >= 0.3 is 0 Å². The van der Waals surface area contributed by atoms with Gasteiger partial charge in [-0.25, -0.2) is 0 Å². The summed E-state index contributed by atoms with van der Waals surface area (Å²) in [4.78, 5) is 0. The van der Waals surface area contributed by atoms with Crippen molar-refractivity contribution < 1.29 is 40.5 Å². The van der Waals surface area contributed by atoms with Gasteiger partial charge in [-0.1, -0.05) is 91.0 Å². The predicted molar refractivity (Wildman–Crippen MR) is 240 cm³/mol. The van der Waals surface area contributed by atoms with Gasteiger partial charge in [-0.05, 0) is 154 Å². The molecule has 0 aliphatic heterocycles. The van der Waals surface area contributed by atoms with E-state index in [0.29, 0.717) is 29.7 Å². The average Bonchev–Trinajstić information content (AvgIpc) is 3.28. The van der Waals surface area contributed by atoms with Crippen LogP contribution in [0.4, 0.5) is 0 Å². The van der Waals surface area contributed by atoms with Crippen LogP contribution in [0.2, 0.25) is 0 Å². The Morgan fingerprint density at radius 1 is 0.355 bits per heavy atom. The van der Waals surface area contributed by atoms with Crippen molar-refractivity contribution in [2.45, 2.75) is 37.5 Å². The molecule has 0 bridgehead atoms. The molecule has 0 radical (unpaired) electrons. The van der Waals surface area contributed by atoms with Crippen molar-refractivity contribution in [2.24, 2.45) is 0 Å². The van der Waals surface area contributed by atoms with Crippen LogP contribution in [0.3, 0.4) is 0 Å². The van der Waals surface area contributed by atoms with Gasteiger partial charge in [0.2, 0.25) is 0 Å². The van der Waals surface area contributed by atoms with Gasteiger partial charge in [-0.2, -0.15) is 0 Å². The second-order valence-corrected chi connectivity index (χ2v) is 16.0. The molecule has 0 aliphatic rings. The van der Waals surface area contributed by atoms with Crippen LogP contribution in [0, 0.1) is 0 Å². The highest BCUT2D eigenvalue weighted by Gasteiger charge is 2.36. The molecule has 0 amide bonds. The summed E-state index contributed by atoms with van der Waals surface area (Å²) >= 11 is 0. The van der Waals surface area contributed by atoms with Gasteiger partial charge in [-0.3, -0.25) is 0 Å². The molecular formula is C54H46O8. The zero-order valence-electron chi connectivity index (χ0n) is 34.2. The summed E-state index contributed by atoms with van der Waals surface area (Å²) in [7, 11) is 0. The van der Waals surface area contributed by atoms with Gasteiger partial charge in [0.25, 0.3) is 0 Å². The lowest BCUT2D eigenvalue weighted by atomic mass is 9.67. The monoisotopic (exact) mass is 822 g/mol. The van der Waals surface area contributed by atoms with Gasteiger partial charge in [-0.15, -0.1) is 0 Å². The molecule has 310 valence electrons. The highest BCUT2D eigenvalue weighted by molar-refractivity contribution is 5.60. The second-order valence-electron chi connectivity index (χ2n) is 16.0. The van der Waals surface area contributed by atoms with Gasteiger partial charge in [0.1, 0.15) is 40.2 Å². The zero-order valence-corrected chi connectivity index (χ0v) is 34.2. The molecule has 0 heterocycles. The third-order valence-corrected chi connectivity index (χ3v) is 12.0. The molecule has 7 N–H and O–H groups in total. The maximum Gasteiger partial charge on any atom is 0.169 e. The molecule has 8 nitrogen and oxygen atoms in total. The van der Waals surface area contributed by atoms with Gasteiger partial charge in [0, 0.05) is 23.7 Å². The maximum absolute atomic E-state index is 11.9. The van der Waals surface area contributed by atoms with Crippen molar-refractivity contribution in [3.8, 4) is 51.7 Å². The molecule has 8 rings (SSSR count). The first-order valence-electron chi connectivity index (χ1n) is 20.2. The molecule has 2 atom stereocenters. The van der Waals surface area contributed by atoms with Crippen LogP contribution in [0.15, 0.2) is 176 Å². The van der Waals surface area contributed by atoms with E-state index in [-0.39, 0.29) is 46.0 Å². The lowest BCUT2D eigenvalue weighted by Gasteiger charge is -2.35. The summed E-state index contributed by atoms with van der Waals surface area (Å²) in [5.74, 6) is 1.42. The summed E-state index contributed by atoms with van der Waals surface area (Å²) in [6.07, 6.45) is 0.784. The van der Waals surface area contributed by atoms with Crippen LogP contribution in [0.25, 0.3) is 0 Å². The third-order valence-electron chi connectivity index (χ3n) is 12.0. The van der Waals surface area contributed by atoms with E-state index in [4.69, 9.17) is 4.74 Å². The summed E-state index contributed by atoms with van der Waals surface area (Å²) in [5, 5.41) is 73.4. The maximum atomic E-state index is 11.9. The fourth-order valence-corrected chi connectivity index (χ4v) is 8.26. The molecule has 62 heavy (non-hydrogen) atoms. The number of hydrogen-bond donors (Lipinski definition) is 7. The quantitative estimate of drug-likeness (QED) is 0.0602. The van der Waals surface area contributed by atoms with Crippen molar-refractivity contribution in [3.63, 3.8) is 0 Å². The van der Waals surface area contributed by atoms with Gasteiger partial charge in [0.05, 0.1) is 0 Å². The smallest absolute Gasteiger partial charge is 0.169 e. The fraction of sp³-hybridized carbons (Fsp3) is 0.111. The first kappa shape index (κ1) is 40.9. The summed E-state index contributed by atoms with van der Waals surface area (Å²) in [6, 6.07) is 51.9. The number of ether oxygens (including phenoxy) is 1. The Labute approximate surface area is 360 Å². The molecule has 8 heteroatoms. The van der Waals surface area contributed by atoms with E-state index in [9.17, 15) is 35.7 Å². The predicted octanol–water partition coefficient (Wildman–Crippen LogP) is 11.3. The SMILES string of the molecule is CC(c1ccc(O)cc1)(c1ccc(C(C)(c2ccc(O)cc2)c2ccc(O)c(Oc3ccc(O)cc3)c2)cc1)c1cc(Cc2ccc(O)cc2)c(O)c(Cc2ccc(O)cc2)c1. The number of rotatable bonds is 12. The zero-order chi connectivity index (χ0) is 43.6. The number of phenols is 7. The minimum atomic E-state index is -0.827. The van der Waals surface area contributed by atoms with Crippen LogP contribution in [0.5, 0.6) is 51.7 Å². The van der Waals surface area contributed by atoms with Crippen molar-refractivity contribution >= 4 is 0 Å². The van der Waals surface area contributed by atoms with E-state index in [1.807, 2.05) is 66.7 Å². The van der Waals surface area contributed by atoms with E-state index >= 15 is 0 Å². The Balaban J connectivity index is 1.27. The van der Waals surface area contributed by atoms with E-state index in [1.165, 1.54) is 12.1 Å². The van der Waals surface area contributed by atoms with Crippen LogP contribution < -0.4 is 4.74 Å². The Bertz CT molecular complexity index is 2750. The highest BCUT2D eigenvalue weighted by atomic mass is 16.5. The lowest BCUT2D eigenvalue weighted by Crippen LogP contribution is -2.28. The van der Waals surface area contributed by atoms with Crippen LogP contribution in [0.1, 0.15) is 69.5 Å². The molecule has 8 aromatic carbocycles. The first-order chi connectivity index (χ1) is 29.8. The van der Waals surface area contributed by atoms with Crippen molar-refractivity contribution in [2.75, 3.05) is 0 Å². The molecule has 0 aromatic heterocycles. The molecular weight excluding hydrogens is 777 g/mol. The molecule has 2 unspecified atom stereocenters. The number of phenolic OH excluding ortho intramolecular Hbond substituents is 7. The number of hydrogen-bond acceptors (Lipinski definition) is 8. The standard InChI is InChI=1S/C54H46O8/c1-53(40-11-20-46(57)21-12-40,42-15-28-50(60)51(33-42)62-49-26-24-48(59)25-27-49)38-7-9-39(10-8-38)54(2,41-13-22-47(58)23-14-41)43-31-36(29-34-3-16-44(55)17-4-34)52(61)37(32-43)30-35-5-18-45(56)19-6-35/h3-28,31-33,55-61H,29-30H2,1-2H3. The highest BCUT2D eigenvalue weighted by Crippen LogP contribution is 2.46. The van der Waals surface area contributed by atoms with E-state index in [1.54, 1.807) is 72.8 Å². The second kappa shape index (κ2) is 16.7. The van der Waals surface area contributed by atoms with Crippen molar-refractivity contribution in [1.29, 1.82) is 0 Å². The minimum Gasteiger partial charge on any atom is -0.508 e. The molecule has 0 saturated carbocycles. The Kier molecular flexibility index (Phi) is 11.0. The van der Waals surface area contributed by atoms with E-state index in [0.717, 1.165) is 44.5 Å². The molecule has 0 aliphatic carbocycles. The van der Waals surface area contributed by atoms with Crippen molar-refractivity contribution in [1.82, 2.24) is 0 Å². The fourth-order valence-electron chi connectivity index (χ4n) is 8.26. The summed E-state index contributed by atoms with van der Waals surface area (Å²) < 4.78 is 6.11. The first-order valence-corrected chi connectivity index (χ1v) is 20.2. The lowest BCUT2D eigenvalue weighted by molar-refractivity contribution is 0.409. The van der Waals surface area contributed by atoms with Crippen LogP contribution in [-0.2, 0) is 23.7 Å². The van der Waals surface area contributed by atoms with E-state index in [2.05, 4.69) is 38.1 Å². The van der Waals surface area contributed by atoms with Gasteiger partial charge < -0.3 is 40.5 Å². The molecule has 0 fully saturated rings. The minimum absolute atomic E-state index is 0.0571. The Hall–Kier alpha value is -7.84. The normalized spacial score (nSPS) is 13.2. The summed E-state index contributed by atoms with van der Waals surface area (Å²) in [6.45, 7) is 4.21. The Morgan fingerprint density at radius 3 is 1.08 bits per heavy atom. The Morgan fingerprint density at radius 2 is 0.677 bits per heavy atom. The third kappa shape index (κ3) is 8.18. The number of benzene rings is 8. The number of aromatic hydroxyl groups is 7. The molecule has 8 aromatic rings.